The van der Waals surface area contributed by atoms with Gasteiger partial charge >= 0.3 is 0 Å². The first-order valence-corrected chi connectivity index (χ1v) is 5.37. The molecule has 0 aliphatic carbocycles. The minimum Gasteiger partial charge on any atom is -0.381 e. The first-order chi connectivity index (χ1) is 8.69. The van der Waals surface area contributed by atoms with Crippen LogP contribution in [0.4, 0.5) is 14.5 Å². The van der Waals surface area contributed by atoms with Gasteiger partial charge in [-0.3, -0.25) is 0 Å². The van der Waals surface area contributed by atoms with Crippen LogP contribution in [0.5, 0.6) is 0 Å². The van der Waals surface area contributed by atoms with Crippen LogP contribution >= 0.6 is 0 Å². The normalized spacial score (nSPS) is 9.83. The highest BCUT2D eigenvalue weighted by Gasteiger charge is 2.02. The van der Waals surface area contributed by atoms with Crippen LogP contribution in [0.3, 0.4) is 0 Å². The number of halogens is 2. The molecule has 4 heteroatoms. The average Bonchev–Trinajstić information content (AvgIpc) is 2.41. The molecule has 1 N–H and O–H groups in total. The Morgan fingerprint density at radius 1 is 1.00 bits per heavy atom. The van der Waals surface area contributed by atoms with E-state index in [1.54, 1.807) is 12.1 Å². The number of rotatable bonds is 3. The molecule has 0 aromatic heterocycles. The molecule has 2 aromatic carbocycles. The fourth-order valence-electron chi connectivity index (χ4n) is 1.51. The molecular formula is C14H10F2N2. The molecule has 0 aliphatic rings. The highest BCUT2D eigenvalue weighted by Crippen LogP contribution is 2.14. The van der Waals surface area contributed by atoms with E-state index in [-0.39, 0.29) is 0 Å². The molecule has 0 bridgehead atoms. The summed E-state index contributed by atoms with van der Waals surface area (Å²) in [5, 5.41) is 11.6. The first kappa shape index (κ1) is 12.1. The molecular weight excluding hydrogens is 234 g/mol. The van der Waals surface area contributed by atoms with Crippen LogP contribution in [0.2, 0.25) is 0 Å². The van der Waals surface area contributed by atoms with Gasteiger partial charge in [-0.25, -0.2) is 8.78 Å². The third-order valence-electron chi connectivity index (χ3n) is 2.50. The van der Waals surface area contributed by atoms with Gasteiger partial charge in [-0.05, 0) is 29.8 Å². The van der Waals surface area contributed by atoms with E-state index in [1.165, 1.54) is 6.07 Å². The number of nitriles is 1. The van der Waals surface area contributed by atoms with Gasteiger partial charge in [0.25, 0.3) is 0 Å². The summed E-state index contributed by atoms with van der Waals surface area (Å²) in [7, 11) is 0. The van der Waals surface area contributed by atoms with Gasteiger partial charge in [0.05, 0.1) is 11.6 Å². The van der Waals surface area contributed by atoms with Crippen LogP contribution in [0.15, 0.2) is 42.5 Å². The molecule has 2 rings (SSSR count). The molecule has 0 fully saturated rings. The van der Waals surface area contributed by atoms with E-state index in [4.69, 9.17) is 5.26 Å². The predicted molar refractivity (Wildman–Crippen MR) is 64.8 cm³/mol. The van der Waals surface area contributed by atoms with Gasteiger partial charge in [0.2, 0.25) is 0 Å². The zero-order chi connectivity index (χ0) is 13.0. The maximum absolute atomic E-state index is 13.0. The van der Waals surface area contributed by atoms with E-state index < -0.39 is 11.6 Å². The standard InChI is InChI=1S/C14H10F2N2/c15-13-6-5-12(7-14(13)16)18-9-11-3-1-10(8-17)2-4-11/h1-7,18H,9H2. The van der Waals surface area contributed by atoms with Crippen LogP contribution in [0.1, 0.15) is 11.1 Å². The Hall–Kier alpha value is -2.41. The number of nitrogens with one attached hydrogen (secondary N) is 1. The third-order valence-corrected chi connectivity index (χ3v) is 2.50. The number of nitrogens with zero attached hydrogens (tertiary/aromatic N) is 1. The summed E-state index contributed by atoms with van der Waals surface area (Å²) in [6.45, 7) is 0.483. The van der Waals surface area contributed by atoms with E-state index in [2.05, 4.69) is 5.32 Å². The topological polar surface area (TPSA) is 35.8 Å². The van der Waals surface area contributed by atoms with Crippen molar-refractivity contribution >= 4 is 5.69 Å². The Kier molecular flexibility index (Phi) is 3.54. The molecule has 0 saturated carbocycles. The second kappa shape index (κ2) is 5.28. The van der Waals surface area contributed by atoms with E-state index in [0.717, 1.165) is 17.7 Å². The van der Waals surface area contributed by atoms with Crippen molar-refractivity contribution in [2.75, 3.05) is 5.32 Å². The summed E-state index contributed by atoms with van der Waals surface area (Å²) in [5.74, 6) is -1.74. The summed E-state index contributed by atoms with van der Waals surface area (Å²) >= 11 is 0. The SMILES string of the molecule is N#Cc1ccc(CNc2ccc(F)c(F)c2)cc1. The van der Waals surface area contributed by atoms with Crippen molar-refractivity contribution < 1.29 is 8.78 Å². The van der Waals surface area contributed by atoms with Crippen LogP contribution in [-0.4, -0.2) is 0 Å². The van der Waals surface area contributed by atoms with Gasteiger partial charge in [-0.1, -0.05) is 12.1 Å². The molecule has 0 spiro atoms. The second-order valence-electron chi connectivity index (χ2n) is 3.79. The molecule has 0 atom stereocenters. The fourth-order valence-corrected chi connectivity index (χ4v) is 1.51. The zero-order valence-corrected chi connectivity index (χ0v) is 9.45. The molecule has 18 heavy (non-hydrogen) atoms. The van der Waals surface area contributed by atoms with Crippen molar-refractivity contribution in [2.45, 2.75) is 6.54 Å². The van der Waals surface area contributed by atoms with Gasteiger partial charge in [-0.2, -0.15) is 5.26 Å². The van der Waals surface area contributed by atoms with E-state index in [0.29, 0.717) is 17.8 Å². The van der Waals surface area contributed by atoms with Crippen molar-refractivity contribution in [3.8, 4) is 6.07 Å². The highest BCUT2D eigenvalue weighted by atomic mass is 19.2. The Balaban J connectivity index is 2.02. The first-order valence-electron chi connectivity index (χ1n) is 5.37. The lowest BCUT2D eigenvalue weighted by atomic mass is 10.1. The van der Waals surface area contributed by atoms with Gasteiger partial charge in [0.1, 0.15) is 0 Å². The van der Waals surface area contributed by atoms with Crippen LogP contribution in [0.25, 0.3) is 0 Å². The van der Waals surface area contributed by atoms with Crippen LogP contribution in [-0.2, 0) is 6.54 Å². The van der Waals surface area contributed by atoms with E-state index >= 15 is 0 Å². The highest BCUT2D eigenvalue weighted by molar-refractivity contribution is 5.44. The minimum absolute atomic E-state index is 0.483. The predicted octanol–water partition coefficient (Wildman–Crippen LogP) is 3.45. The molecule has 0 heterocycles. The van der Waals surface area contributed by atoms with Gasteiger partial charge in [0, 0.05) is 18.3 Å². The Labute approximate surface area is 103 Å². The summed E-state index contributed by atoms with van der Waals surface area (Å²) in [4.78, 5) is 0. The molecule has 90 valence electrons. The van der Waals surface area contributed by atoms with Gasteiger partial charge in [-0.15, -0.1) is 0 Å². The Morgan fingerprint density at radius 3 is 2.33 bits per heavy atom. The molecule has 0 radical (unpaired) electrons. The van der Waals surface area contributed by atoms with Crippen LogP contribution in [0, 0.1) is 23.0 Å². The lowest BCUT2D eigenvalue weighted by Gasteiger charge is -2.06. The van der Waals surface area contributed by atoms with Crippen molar-refractivity contribution in [3.63, 3.8) is 0 Å². The Morgan fingerprint density at radius 2 is 1.72 bits per heavy atom. The summed E-state index contributed by atoms with van der Waals surface area (Å²) in [6, 6.07) is 12.7. The van der Waals surface area contributed by atoms with E-state index in [1.807, 2.05) is 18.2 Å². The average molecular weight is 244 g/mol. The fraction of sp³-hybridized carbons (Fsp3) is 0.0714. The number of benzene rings is 2. The molecule has 2 nitrogen and oxygen atoms in total. The zero-order valence-electron chi connectivity index (χ0n) is 9.45. The molecule has 2 aromatic rings. The Bertz CT molecular complexity index is 586. The van der Waals surface area contributed by atoms with Crippen molar-refractivity contribution in [1.82, 2.24) is 0 Å². The largest absolute Gasteiger partial charge is 0.381 e. The smallest absolute Gasteiger partial charge is 0.160 e. The lowest BCUT2D eigenvalue weighted by Crippen LogP contribution is -2.00. The summed E-state index contributed by atoms with van der Waals surface area (Å²) in [6.07, 6.45) is 0. The summed E-state index contributed by atoms with van der Waals surface area (Å²) < 4.78 is 25.7. The van der Waals surface area contributed by atoms with Crippen LogP contribution < -0.4 is 5.32 Å². The lowest BCUT2D eigenvalue weighted by molar-refractivity contribution is 0.509. The minimum atomic E-state index is -0.875. The number of hydrogen-bond donors (Lipinski definition) is 1. The van der Waals surface area contributed by atoms with Crippen molar-refractivity contribution in [1.29, 1.82) is 5.26 Å². The van der Waals surface area contributed by atoms with E-state index in [9.17, 15) is 8.78 Å². The van der Waals surface area contributed by atoms with Crippen molar-refractivity contribution in [3.05, 3.63) is 65.2 Å². The second-order valence-corrected chi connectivity index (χ2v) is 3.79. The molecule has 0 aliphatic heterocycles. The maximum atomic E-state index is 13.0. The van der Waals surface area contributed by atoms with Gasteiger partial charge < -0.3 is 5.32 Å². The molecule has 0 unspecified atom stereocenters. The quantitative estimate of drug-likeness (QED) is 0.897. The third kappa shape index (κ3) is 2.83. The number of hydrogen-bond acceptors (Lipinski definition) is 2. The van der Waals surface area contributed by atoms with Crippen molar-refractivity contribution in [2.24, 2.45) is 0 Å². The monoisotopic (exact) mass is 244 g/mol. The number of anilines is 1. The molecule has 0 saturated heterocycles. The summed E-state index contributed by atoms with van der Waals surface area (Å²) in [5.41, 5.74) is 2.06. The molecule has 0 amide bonds. The maximum Gasteiger partial charge on any atom is 0.160 e. The van der Waals surface area contributed by atoms with Gasteiger partial charge in [0.15, 0.2) is 11.6 Å².